The molecule has 0 unspecified atom stereocenters. The molecule has 4 nitrogen and oxygen atoms in total. The monoisotopic (exact) mass is 268 g/mol. The normalized spacial score (nSPS) is 21.6. The summed E-state index contributed by atoms with van der Waals surface area (Å²) in [4.78, 5) is 7.07. The first-order valence-electron chi connectivity index (χ1n) is 7.77. The van der Waals surface area contributed by atoms with Crippen LogP contribution >= 0.6 is 0 Å². The van der Waals surface area contributed by atoms with E-state index in [4.69, 9.17) is 5.73 Å². The zero-order valence-electron chi connectivity index (χ0n) is 13.2. The third-order valence-corrected chi connectivity index (χ3v) is 3.60. The first-order chi connectivity index (χ1) is 8.99. The molecule has 0 amide bonds. The Morgan fingerprint density at radius 3 is 2.68 bits per heavy atom. The molecule has 0 radical (unpaired) electrons. The van der Waals surface area contributed by atoms with Gasteiger partial charge in [0.25, 0.3) is 0 Å². The summed E-state index contributed by atoms with van der Waals surface area (Å²) in [6, 6.07) is 0.591. The fourth-order valence-corrected chi connectivity index (χ4v) is 2.56. The Bertz CT molecular complexity index is 273. The van der Waals surface area contributed by atoms with Crippen LogP contribution in [0, 0.1) is 11.8 Å². The average molecular weight is 268 g/mol. The van der Waals surface area contributed by atoms with Gasteiger partial charge in [-0.2, -0.15) is 0 Å². The van der Waals surface area contributed by atoms with Crippen LogP contribution in [-0.2, 0) is 0 Å². The number of likely N-dealkylation sites (tertiary alicyclic amines) is 1. The number of hydrogen-bond donors (Lipinski definition) is 2. The predicted octanol–water partition coefficient (Wildman–Crippen LogP) is 2.06. The summed E-state index contributed by atoms with van der Waals surface area (Å²) in [5.74, 6) is 2.04. The molecular weight excluding hydrogens is 236 g/mol. The van der Waals surface area contributed by atoms with E-state index in [9.17, 15) is 0 Å². The lowest BCUT2D eigenvalue weighted by molar-refractivity contribution is 0.231. The second kappa shape index (κ2) is 8.41. The molecule has 3 N–H and O–H groups in total. The van der Waals surface area contributed by atoms with Crippen molar-refractivity contribution >= 4 is 5.96 Å². The van der Waals surface area contributed by atoms with Crippen molar-refractivity contribution < 1.29 is 0 Å². The van der Waals surface area contributed by atoms with E-state index in [1.54, 1.807) is 0 Å². The molecule has 1 aliphatic rings. The van der Waals surface area contributed by atoms with Gasteiger partial charge in [0.05, 0.1) is 6.54 Å². The molecule has 0 aromatic heterocycles. The van der Waals surface area contributed by atoms with Gasteiger partial charge in [0.2, 0.25) is 0 Å². The van der Waals surface area contributed by atoms with Crippen molar-refractivity contribution in [3.8, 4) is 0 Å². The topological polar surface area (TPSA) is 53.6 Å². The SMILES string of the molecule is CC(C)CCNC(N)=NC[C@H]1CCCN1CC(C)C. The van der Waals surface area contributed by atoms with E-state index in [2.05, 4.69) is 42.9 Å². The maximum atomic E-state index is 5.91. The van der Waals surface area contributed by atoms with Crippen LogP contribution in [0.4, 0.5) is 0 Å². The molecular formula is C15H32N4. The summed E-state index contributed by atoms with van der Waals surface area (Å²) >= 11 is 0. The Morgan fingerprint density at radius 2 is 2.05 bits per heavy atom. The average Bonchev–Trinajstić information content (AvgIpc) is 2.72. The molecule has 1 fully saturated rings. The third kappa shape index (κ3) is 6.81. The van der Waals surface area contributed by atoms with Crippen LogP contribution in [0.2, 0.25) is 0 Å². The number of hydrogen-bond acceptors (Lipinski definition) is 2. The zero-order chi connectivity index (χ0) is 14.3. The van der Waals surface area contributed by atoms with Gasteiger partial charge in [-0.1, -0.05) is 27.7 Å². The highest BCUT2D eigenvalue weighted by atomic mass is 15.2. The number of nitrogens with zero attached hydrogens (tertiary/aromatic N) is 2. The Labute approximate surface area is 118 Å². The van der Waals surface area contributed by atoms with Crippen molar-refractivity contribution in [3.05, 3.63) is 0 Å². The minimum Gasteiger partial charge on any atom is -0.370 e. The Morgan fingerprint density at radius 1 is 1.32 bits per heavy atom. The van der Waals surface area contributed by atoms with Crippen LogP contribution in [0.5, 0.6) is 0 Å². The molecule has 1 rings (SSSR count). The standard InChI is InChI=1S/C15H32N4/c1-12(2)7-8-17-15(16)18-10-14-6-5-9-19(14)11-13(3)4/h12-14H,5-11H2,1-4H3,(H3,16,17,18)/t14-/m1/s1. The van der Waals surface area contributed by atoms with Gasteiger partial charge in [0, 0.05) is 19.1 Å². The first kappa shape index (κ1) is 16.3. The summed E-state index contributed by atoms with van der Waals surface area (Å²) in [5.41, 5.74) is 5.91. The van der Waals surface area contributed by atoms with Gasteiger partial charge in [-0.25, -0.2) is 0 Å². The second-order valence-electron chi connectivity index (χ2n) is 6.52. The highest BCUT2D eigenvalue weighted by Crippen LogP contribution is 2.18. The lowest BCUT2D eigenvalue weighted by atomic mass is 10.1. The Hall–Kier alpha value is -0.770. The van der Waals surface area contributed by atoms with Crippen molar-refractivity contribution in [1.29, 1.82) is 0 Å². The lowest BCUT2D eigenvalue weighted by Gasteiger charge is -2.25. The number of nitrogens with one attached hydrogen (secondary N) is 1. The van der Waals surface area contributed by atoms with Crippen LogP contribution < -0.4 is 11.1 Å². The van der Waals surface area contributed by atoms with Crippen molar-refractivity contribution in [2.24, 2.45) is 22.6 Å². The van der Waals surface area contributed by atoms with Gasteiger partial charge in [-0.05, 0) is 37.6 Å². The van der Waals surface area contributed by atoms with Crippen molar-refractivity contribution in [3.63, 3.8) is 0 Å². The molecule has 0 saturated carbocycles. The van der Waals surface area contributed by atoms with Gasteiger partial charge >= 0.3 is 0 Å². The minimum atomic E-state index is 0.591. The molecule has 4 heteroatoms. The smallest absolute Gasteiger partial charge is 0.188 e. The minimum absolute atomic E-state index is 0.591. The van der Waals surface area contributed by atoms with Gasteiger partial charge in [0.15, 0.2) is 5.96 Å². The van der Waals surface area contributed by atoms with Gasteiger partial charge in [-0.3, -0.25) is 9.89 Å². The highest BCUT2D eigenvalue weighted by Gasteiger charge is 2.24. The number of aliphatic imine (C=N–C) groups is 1. The number of nitrogens with two attached hydrogens (primary N) is 1. The van der Waals surface area contributed by atoms with Crippen LogP contribution in [0.15, 0.2) is 4.99 Å². The molecule has 0 aromatic carbocycles. The van der Waals surface area contributed by atoms with E-state index < -0.39 is 0 Å². The molecule has 0 aromatic rings. The molecule has 112 valence electrons. The first-order valence-corrected chi connectivity index (χ1v) is 7.77. The van der Waals surface area contributed by atoms with Crippen LogP contribution in [0.3, 0.4) is 0 Å². The van der Waals surface area contributed by atoms with E-state index >= 15 is 0 Å². The molecule has 1 heterocycles. The van der Waals surface area contributed by atoms with Crippen LogP contribution in [-0.4, -0.2) is 43.1 Å². The molecule has 1 saturated heterocycles. The van der Waals surface area contributed by atoms with Gasteiger partial charge in [-0.15, -0.1) is 0 Å². The molecule has 1 aliphatic heterocycles. The van der Waals surface area contributed by atoms with Gasteiger partial charge in [0.1, 0.15) is 0 Å². The summed E-state index contributed by atoms with van der Waals surface area (Å²) in [6.45, 7) is 13.2. The summed E-state index contributed by atoms with van der Waals surface area (Å²) < 4.78 is 0. The molecule has 0 spiro atoms. The maximum Gasteiger partial charge on any atom is 0.188 e. The van der Waals surface area contributed by atoms with Gasteiger partial charge < -0.3 is 11.1 Å². The Kier molecular flexibility index (Phi) is 7.21. The number of guanidine groups is 1. The van der Waals surface area contributed by atoms with E-state index in [-0.39, 0.29) is 0 Å². The van der Waals surface area contributed by atoms with E-state index in [1.165, 1.54) is 25.9 Å². The Balaban J connectivity index is 2.29. The highest BCUT2D eigenvalue weighted by molar-refractivity contribution is 5.77. The summed E-state index contributed by atoms with van der Waals surface area (Å²) in [7, 11) is 0. The molecule has 19 heavy (non-hydrogen) atoms. The van der Waals surface area contributed by atoms with Crippen molar-refractivity contribution in [2.75, 3.05) is 26.2 Å². The summed E-state index contributed by atoms with van der Waals surface area (Å²) in [6.07, 6.45) is 3.70. The van der Waals surface area contributed by atoms with Crippen LogP contribution in [0.25, 0.3) is 0 Å². The quantitative estimate of drug-likeness (QED) is 0.549. The zero-order valence-corrected chi connectivity index (χ0v) is 13.2. The largest absolute Gasteiger partial charge is 0.370 e. The fourth-order valence-electron chi connectivity index (χ4n) is 2.56. The lowest BCUT2D eigenvalue weighted by Crippen LogP contribution is -2.37. The van der Waals surface area contributed by atoms with Crippen molar-refractivity contribution in [2.45, 2.75) is 53.0 Å². The summed E-state index contributed by atoms with van der Waals surface area (Å²) in [5, 5.41) is 3.20. The number of rotatable bonds is 7. The third-order valence-electron chi connectivity index (χ3n) is 3.60. The van der Waals surface area contributed by atoms with Crippen molar-refractivity contribution in [1.82, 2.24) is 10.2 Å². The van der Waals surface area contributed by atoms with E-state index in [1.807, 2.05) is 0 Å². The second-order valence-corrected chi connectivity index (χ2v) is 6.52. The molecule has 0 aliphatic carbocycles. The van der Waals surface area contributed by atoms with E-state index in [0.29, 0.717) is 17.9 Å². The van der Waals surface area contributed by atoms with Crippen LogP contribution in [0.1, 0.15) is 47.0 Å². The predicted molar refractivity (Wildman–Crippen MR) is 83.4 cm³/mol. The molecule has 1 atom stereocenters. The van der Waals surface area contributed by atoms with E-state index in [0.717, 1.165) is 25.4 Å². The maximum absolute atomic E-state index is 5.91. The molecule has 0 bridgehead atoms. The fraction of sp³-hybridized carbons (Fsp3) is 0.933.